The Balaban J connectivity index is 2.62. The summed E-state index contributed by atoms with van der Waals surface area (Å²) in [6.45, 7) is 7.90. The summed E-state index contributed by atoms with van der Waals surface area (Å²) in [4.78, 5) is 24.5. The van der Waals surface area contributed by atoms with Crippen molar-refractivity contribution < 1.29 is 9.59 Å². The Hall–Kier alpha value is -1.84. The van der Waals surface area contributed by atoms with E-state index in [0.717, 1.165) is 18.4 Å². The molecule has 0 saturated carbocycles. The molecule has 0 aliphatic rings. The number of benzene rings is 1. The van der Waals surface area contributed by atoms with Crippen LogP contribution in [-0.2, 0) is 9.59 Å². The van der Waals surface area contributed by atoms with E-state index in [9.17, 15) is 9.59 Å². The minimum Gasteiger partial charge on any atom is -0.355 e. The Morgan fingerprint density at radius 3 is 2.33 bits per heavy atom. The highest BCUT2D eigenvalue weighted by molar-refractivity contribution is 6.04. The molecule has 1 atom stereocenters. The van der Waals surface area contributed by atoms with Crippen LogP contribution in [0.5, 0.6) is 0 Å². The highest BCUT2D eigenvalue weighted by Gasteiger charge is 2.36. The molecule has 21 heavy (non-hydrogen) atoms. The van der Waals surface area contributed by atoms with Gasteiger partial charge in [0.05, 0.1) is 6.04 Å². The van der Waals surface area contributed by atoms with Gasteiger partial charge in [0.15, 0.2) is 0 Å². The summed E-state index contributed by atoms with van der Waals surface area (Å²) < 4.78 is 0. The number of unbranched alkanes of at least 4 members (excludes halogenated alkanes) is 1. The van der Waals surface area contributed by atoms with Crippen LogP contribution in [0, 0.1) is 5.41 Å². The van der Waals surface area contributed by atoms with Gasteiger partial charge in [0, 0.05) is 6.54 Å². The molecule has 1 aromatic carbocycles. The van der Waals surface area contributed by atoms with Crippen LogP contribution in [0.1, 0.15) is 52.1 Å². The molecule has 0 aliphatic carbocycles. The smallest absolute Gasteiger partial charge is 0.235 e. The summed E-state index contributed by atoms with van der Waals surface area (Å²) in [6, 6.07) is 9.59. The zero-order chi connectivity index (χ0) is 15.9. The number of hydrogen-bond donors (Lipinski definition) is 2. The zero-order valence-corrected chi connectivity index (χ0v) is 13.4. The minimum absolute atomic E-state index is 0.124. The topological polar surface area (TPSA) is 58.2 Å². The summed E-state index contributed by atoms with van der Waals surface area (Å²) in [5, 5.41) is 5.73. The maximum atomic E-state index is 12.4. The van der Waals surface area contributed by atoms with Gasteiger partial charge in [-0.15, -0.1) is 0 Å². The first kappa shape index (κ1) is 17.2. The molecule has 0 spiro atoms. The van der Waals surface area contributed by atoms with Gasteiger partial charge in [0.1, 0.15) is 5.41 Å². The van der Waals surface area contributed by atoms with Crippen molar-refractivity contribution in [3.8, 4) is 0 Å². The normalized spacial score (nSPS) is 12.6. The van der Waals surface area contributed by atoms with Gasteiger partial charge in [-0.2, -0.15) is 0 Å². The summed E-state index contributed by atoms with van der Waals surface area (Å²) >= 11 is 0. The molecule has 0 fully saturated rings. The predicted octanol–water partition coefficient (Wildman–Crippen LogP) is 2.81. The number of hydrogen-bond acceptors (Lipinski definition) is 2. The molecule has 116 valence electrons. The number of nitrogens with one attached hydrogen (secondary N) is 2. The number of carbonyl (C=O) groups excluding carboxylic acids is 2. The van der Waals surface area contributed by atoms with Crippen molar-refractivity contribution in [2.75, 3.05) is 6.54 Å². The molecule has 2 N–H and O–H groups in total. The maximum Gasteiger partial charge on any atom is 0.235 e. The lowest BCUT2D eigenvalue weighted by Crippen LogP contribution is -2.48. The van der Waals surface area contributed by atoms with E-state index in [1.807, 2.05) is 37.3 Å². The lowest BCUT2D eigenvalue weighted by molar-refractivity contribution is -0.141. The second-order valence-corrected chi connectivity index (χ2v) is 5.84. The zero-order valence-electron chi connectivity index (χ0n) is 13.4. The third-order valence-corrected chi connectivity index (χ3v) is 3.60. The van der Waals surface area contributed by atoms with Gasteiger partial charge in [0.2, 0.25) is 11.8 Å². The summed E-state index contributed by atoms with van der Waals surface area (Å²) in [5.41, 5.74) is -0.0513. The average Bonchev–Trinajstić information content (AvgIpc) is 2.48. The van der Waals surface area contributed by atoms with Crippen molar-refractivity contribution >= 4 is 11.8 Å². The predicted molar refractivity (Wildman–Crippen MR) is 84.7 cm³/mol. The van der Waals surface area contributed by atoms with Gasteiger partial charge < -0.3 is 10.6 Å². The highest BCUT2D eigenvalue weighted by Crippen LogP contribution is 2.19. The second-order valence-electron chi connectivity index (χ2n) is 5.84. The van der Waals surface area contributed by atoms with Gasteiger partial charge >= 0.3 is 0 Å². The Bertz CT molecular complexity index is 469. The first-order valence-corrected chi connectivity index (χ1v) is 7.53. The van der Waals surface area contributed by atoms with Crippen molar-refractivity contribution in [3.63, 3.8) is 0 Å². The van der Waals surface area contributed by atoms with E-state index < -0.39 is 5.41 Å². The van der Waals surface area contributed by atoms with Crippen molar-refractivity contribution in [2.24, 2.45) is 5.41 Å². The van der Waals surface area contributed by atoms with Crippen LogP contribution in [0.2, 0.25) is 0 Å². The SMILES string of the molecule is CCCCNC(=O)C(C)(C)C(=O)NC(C)c1ccccc1. The fourth-order valence-corrected chi connectivity index (χ4v) is 1.90. The van der Waals surface area contributed by atoms with Crippen LogP contribution in [0.15, 0.2) is 30.3 Å². The quantitative estimate of drug-likeness (QED) is 0.599. The molecule has 0 radical (unpaired) electrons. The number of carbonyl (C=O) groups is 2. The van der Waals surface area contributed by atoms with E-state index in [-0.39, 0.29) is 17.9 Å². The van der Waals surface area contributed by atoms with E-state index in [4.69, 9.17) is 0 Å². The van der Waals surface area contributed by atoms with E-state index in [1.165, 1.54) is 0 Å². The molecule has 4 heteroatoms. The summed E-state index contributed by atoms with van der Waals surface area (Å²) in [5.74, 6) is -0.485. The van der Waals surface area contributed by atoms with Crippen LogP contribution in [0.4, 0.5) is 0 Å². The van der Waals surface area contributed by atoms with Gasteiger partial charge in [-0.1, -0.05) is 43.7 Å². The maximum absolute atomic E-state index is 12.4. The van der Waals surface area contributed by atoms with E-state index in [0.29, 0.717) is 6.54 Å². The molecule has 0 bridgehead atoms. The third kappa shape index (κ3) is 4.88. The van der Waals surface area contributed by atoms with Crippen LogP contribution in [0.25, 0.3) is 0 Å². The molecular formula is C17H26N2O2. The lowest BCUT2D eigenvalue weighted by Gasteiger charge is -2.25. The Morgan fingerprint density at radius 2 is 1.76 bits per heavy atom. The molecule has 0 heterocycles. The largest absolute Gasteiger partial charge is 0.355 e. The van der Waals surface area contributed by atoms with Crippen LogP contribution in [0.3, 0.4) is 0 Å². The van der Waals surface area contributed by atoms with Gasteiger partial charge in [-0.05, 0) is 32.8 Å². The van der Waals surface area contributed by atoms with E-state index >= 15 is 0 Å². The first-order chi connectivity index (χ1) is 9.89. The second kappa shape index (κ2) is 7.81. The third-order valence-electron chi connectivity index (χ3n) is 3.60. The molecule has 0 aromatic heterocycles. The van der Waals surface area contributed by atoms with Gasteiger partial charge in [-0.25, -0.2) is 0 Å². The molecular weight excluding hydrogens is 264 g/mol. The van der Waals surface area contributed by atoms with Gasteiger partial charge in [0.25, 0.3) is 0 Å². The van der Waals surface area contributed by atoms with Crippen LogP contribution < -0.4 is 10.6 Å². The number of amides is 2. The van der Waals surface area contributed by atoms with Crippen molar-refractivity contribution in [1.82, 2.24) is 10.6 Å². The fraction of sp³-hybridized carbons (Fsp3) is 0.529. The Kier molecular flexibility index (Phi) is 6.40. The molecule has 0 aliphatic heterocycles. The molecule has 4 nitrogen and oxygen atoms in total. The summed E-state index contributed by atoms with van der Waals surface area (Å²) in [7, 11) is 0. The first-order valence-electron chi connectivity index (χ1n) is 7.53. The fourth-order valence-electron chi connectivity index (χ4n) is 1.90. The van der Waals surface area contributed by atoms with E-state index in [2.05, 4.69) is 17.6 Å². The highest BCUT2D eigenvalue weighted by atomic mass is 16.2. The van der Waals surface area contributed by atoms with Crippen molar-refractivity contribution in [1.29, 1.82) is 0 Å². The lowest BCUT2D eigenvalue weighted by atomic mass is 9.90. The van der Waals surface area contributed by atoms with Crippen molar-refractivity contribution in [3.05, 3.63) is 35.9 Å². The van der Waals surface area contributed by atoms with Crippen LogP contribution >= 0.6 is 0 Å². The van der Waals surface area contributed by atoms with E-state index in [1.54, 1.807) is 13.8 Å². The minimum atomic E-state index is -1.07. The summed E-state index contributed by atoms with van der Waals surface area (Å²) in [6.07, 6.45) is 1.93. The molecule has 1 aromatic rings. The van der Waals surface area contributed by atoms with Gasteiger partial charge in [-0.3, -0.25) is 9.59 Å². The Labute approximate surface area is 127 Å². The Morgan fingerprint density at radius 1 is 1.14 bits per heavy atom. The number of rotatable bonds is 7. The van der Waals surface area contributed by atoms with Crippen LogP contribution in [-0.4, -0.2) is 18.4 Å². The average molecular weight is 290 g/mol. The molecule has 2 amide bonds. The molecule has 0 saturated heterocycles. The standard InChI is InChI=1S/C17H26N2O2/c1-5-6-12-18-15(20)17(3,4)16(21)19-13(2)14-10-8-7-9-11-14/h7-11,13H,5-6,12H2,1-4H3,(H,18,20)(H,19,21). The van der Waals surface area contributed by atoms with Crippen molar-refractivity contribution in [2.45, 2.75) is 46.6 Å². The molecule has 1 unspecified atom stereocenters. The monoisotopic (exact) mass is 290 g/mol. The molecule has 1 rings (SSSR count).